The molecule has 1 saturated heterocycles. The van der Waals surface area contributed by atoms with Crippen molar-refractivity contribution in [3.8, 4) is 0 Å². The molecule has 0 aliphatic carbocycles. The van der Waals surface area contributed by atoms with Crippen LogP contribution in [0.25, 0.3) is 0 Å². The summed E-state index contributed by atoms with van der Waals surface area (Å²) in [6, 6.07) is 5.04. The zero-order chi connectivity index (χ0) is 14.0. The Morgan fingerprint density at radius 3 is 2.84 bits per heavy atom. The predicted octanol–water partition coefficient (Wildman–Crippen LogP) is 2.45. The van der Waals surface area contributed by atoms with Crippen molar-refractivity contribution in [3.63, 3.8) is 0 Å². The summed E-state index contributed by atoms with van der Waals surface area (Å²) in [6.07, 6.45) is 1.69. The first-order valence-electron chi connectivity index (χ1n) is 6.24. The number of benzene rings is 1. The largest absolute Gasteiger partial charge is 0.383 e. The highest BCUT2D eigenvalue weighted by molar-refractivity contribution is 7.89. The number of aryl methyl sites for hydroxylation is 1. The van der Waals surface area contributed by atoms with Crippen LogP contribution in [0.1, 0.15) is 18.4 Å². The van der Waals surface area contributed by atoms with Crippen LogP contribution >= 0.6 is 11.6 Å². The SMILES string of the molecule is COCC1CCCN1S(=O)(=O)c1c(C)cccc1Cl. The molecule has 0 bridgehead atoms. The summed E-state index contributed by atoms with van der Waals surface area (Å²) in [7, 11) is -1.96. The second-order valence-electron chi connectivity index (χ2n) is 4.75. The van der Waals surface area contributed by atoms with Crippen molar-refractivity contribution in [2.75, 3.05) is 20.3 Å². The Balaban J connectivity index is 2.42. The molecule has 0 amide bonds. The summed E-state index contributed by atoms with van der Waals surface area (Å²) in [5.41, 5.74) is 0.676. The maximum Gasteiger partial charge on any atom is 0.245 e. The molecule has 1 fully saturated rings. The summed E-state index contributed by atoms with van der Waals surface area (Å²) in [4.78, 5) is 0.222. The third kappa shape index (κ3) is 2.79. The summed E-state index contributed by atoms with van der Waals surface area (Å²) in [5, 5.41) is 0.281. The van der Waals surface area contributed by atoms with Gasteiger partial charge in [-0.25, -0.2) is 8.42 Å². The maximum atomic E-state index is 12.7. The first-order chi connectivity index (χ1) is 8.98. The minimum atomic E-state index is -3.55. The van der Waals surface area contributed by atoms with Crippen LogP contribution in [-0.2, 0) is 14.8 Å². The van der Waals surface area contributed by atoms with Crippen LogP contribution in [0.2, 0.25) is 5.02 Å². The number of halogens is 1. The fourth-order valence-electron chi connectivity index (χ4n) is 2.55. The summed E-state index contributed by atoms with van der Waals surface area (Å²) >= 11 is 6.08. The van der Waals surface area contributed by atoms with Crippen molar-refractivity contribution in [1.82, 2.24) is 4.31 Å². The Bertz CT molecular complexity index is 539. The number of rotatable bonds is 4. The van der Waals surface area contributed by atoms with Crippen molar-refractivity contribution in [2.24, 2.45) is 0 Å². The molecule has 4 nitrogen and oxygen atoms in total. The van der Waals surface area contributed by atoms with Gasteiger partial charge < -0.3 is 4.74 Å². The predicted molar refractivity (Wildman–Crippen MR) is 75.0 cm³/mol. The van der Waals surface area contributed by atoms with Gasteiger partial charge in [0.25, 0.3) is 0 Å². The molecule has 0 aromatic heterocycles. The van der Waals surface area contributed by atoms with Gasteiger partial charge >= 0.3 is 0 Å². The van der Waals surface area contributed by atoms with Crippen molar-refractivity contribution in [2.45, 2.75) is 30.7 Å². The van der Waals surface area contributed by atoms with Gasteiger partial charge in [-0.05, 0) is 31.4 Å². The Hall–Kier alpha value is -0.620. The molecule has 1 heterocycles. The van der Waals surface area contributed by atoms with Crippen LogP contribution in [0.4, 0.5) is 0 Å². The van der Waals surface area contributed by atoms with Crippen LogP contribution < -0.4 is 0 Å². The van der Waals surface area contributed by atoms with Gasteiger partial charge in [0.15, 0.2) is 0 Å². The van der Waals surface area contributed by atoms with Gasteiger partial charge in [-0.1, -0.05) is 23.7 Å². The molecule has 1 aliphatic rings. The van der Waals surface area contributed by atoms with Crippen molar-refractivity contribution < 1.29 is 13.2 Å². The molecule has 6 heteroatoms. The van der Waals surface area contributed by atoms with Gasteiger partial charge in [-0.15, -0.1) is 0 Å². The van der Waals surface area contributed by atoms with E-state index in [1.807, 2.05) is 0 Å². The normalized spacial score (nSPS) is 20.9. The number of hydrogen-bond acceptors (Lipinski definition) is 3. The van der Waals surface area contributed by atoms with E-state index in [0.29, 0.717) is 18.7 Å². The molecule has 1 atom stereocenters. The molecule has 0 spiro atoms. The molecular formula is C13H18ClNO3S. The summed E-state index contributed by atoms with van der Waals surface area (Å²) in [6.45, 7) is 2.71. The number of hydrogen-bond donors (Lipinski definition) is 0. The van der Waals surface area contributed by atoms with Gasteiger partial charge in [0.1, 0.15) is 4.90 Å². The van der Waals surface area contributed by atoms with E-state index in [9.17, 15) is 8.42 Å². The molecule has 19 heavy (non-hydrogen) atoms. The molecular weight excluding hydrogens is 286 g/mol. The van der Waals surface area contributed by atoms with E-state index in [2.05, 4.69) is 0 Å². The van der Waals surface area contributed by atoms with Crippen molar-refractivity contribution in [1.29, 1.82) is 0 Å². The lowest BCUT2D eigenvalue weighted by Crippen LogP contribution is -2.38. The van der Waals surface area contributed by atoms with Crippen LogP contribution in [0.3, 0.4) is 0 Å². The molecule has 2 rings (SSSR count). The number of ether oxygens (including phenoxy) is 1. The average molecular weight is 304 g/mol. The highest BCUT2D eigenvalue weighted by atomic mass is 35.5. The molecule has 1 aliphatic heterocycles. The smallest absolute Gasteiger partial charge is 0.245 e. The standard InChI is InChI=1S/C13H18ClNO3S/c1-10-5-3-7-12(14)13(10)19(16,17)15-8-4-6-11(15)9-18-2/h3,5,7,11H,4,6,8-9H2,1-2H3. The molecule has 1 unspecified atom stereocenters. The maximum absolute atomic E-state index is 12.7. The van der Waals surface area contributed by atoms with Gasteiger partial charge in [-0.3, -0.25) is 0 Å². The van der Waals surface area contributed by atoms with E-state index >= 15 is 0 Å². The summed E-state index contributed by atoms with van der Waals surface area (Å²) < 4.78 is 32.1. The van der Waals surface area contributed by atoms with E-state index in [1.54, 1.807) is 32.2 Å². The lowest BCUT2D eigenvalue weighted by Gasteiger charge is -2.24. The van der Waals surface area contributed by atoms with Crippen molar-refractivity contribution >= 4 is 21.6 Å². The van der Waals surface area contributed by atoms with E-state index in [1.165, 1.54) is 4.31 Å². The van der Waals surface area contributed by atoms with Crippen LogP contribution in [0.5, 0.6) is 0 Å². The lowest BCUT2D eigenvalue weighted by atomic mass is 10.2. The third-order valence-electron chi connectivity index (χ3n) is 3.41. The average Bonchev–Trinajstić information content (AvgIpc) is 2.78. The fraction of sp³-hybridized carbons (Fsp3) is 0.538. The fourth-order valence-corrected chi connectivity index (χ4v) is 5.01. The van der Waals surface area contributed by atoms with Gasteiger partial charge in [0.2, 0.25) is 10.0 Å². The van der Waals surface area contributed by atoms with Gasteiger partial charge in [-0.2, -0.15) is 4.31 Å². The summed E-state index contributed by atoms with van der Waals surface area (Å²) in [5.74, 6) is 0. The van der Waals surface area contributed by atoms with Crippen LogP contribution in [-0.4, -0.2) is 39.0 Å². The van der Waals surface area contributed by atoms with Crippen LogP contribution in [0, 0.1) is 6.92 Å². The van der Waals surface area contributed by atoms with Gasteiger partial charge in [0, 0.05) is 19.7 Å². The molecule has 0 N–H and O–H groups in total. The first kappa shape index (κ1) is 14.8. The Morgan fingerprint density at radius 1 is 1.47 bits per heavy atom. The Labute approximate surface area is 119 Å². The zero-order valence-electron chi connectivity index (χ0n) is 11.1. The quantitative estimate of drug-likeness (QED) is 0.858. The first-order valence-corrected chi connectivity index (χ1v) is 8.06. The van der Waals surface area contributed by atoms with E-state index < -0.39 is 10.0 Å². The Morgan fingerprint density at radius 2 is 2.21 bits per heavy atom. The number of sulfonamides is 1. The minimum absolute atomic E-state index is 0.0920. The third-order valence-corrected chi connectivity index (χ3v) is 6.00. The number of nitrogens with zero attached hydrogens (tertiary/aromatic N) is 1. The van der Waals surface area contributed by atoms with E-state index in [0.717, 1.165) is 12.8 Å². The lowest BCUT2D eigenvalue weighted by molar-refractivity contribution is 0.149. The molecule has 0 saturated carbocycles. The van der Waals surface area contributed by atoms with Crippen molar-refractivity contribution in [3.05, 3.63) is 28.8 Å². The highest BCUT2D eigenvalue weighted by Gasteiger charge is 2.36. The molecule has 0 radical (unpaired) electrons. The molecule has 1 aromatic rings. The number of methoxy groups -OCH3 is 1. The second-order valence-corrected chi connectivity index (χ2v) is 6.99. The topological polar surface area (TPSA) is 46.6 Å². The van der Waals surface area contributed by atoms with Crippen LogP contribution in [0.15, 0.2) is 23.1 Å². The molecule has 106 valence electrons. The molecule has 1 aromatic carbocycles. The monoisotopic (exact) mass is 303 g/mol. The van der Waals surface area contributed by atoms with E-state index in [-0.39, 0.29) is 16.0 Å². The minimum Gasteiger partial charge on any atom is -0.383 e. The van der Waals surface area contributed by atoms with E-state index in [4.69, 9.17) is 16.3 Å². The highest BCUT2D eigenvalue weighted by Crippen LogP contribution is 2.32. The van der Waals surface area contributed by atoms with Gasteiger partial charge in [0.05, 0.1) is 11.6 Å². The second kappa shape index (κ2) is 5.79. The Kier molecular flexibility index (Phi) is 4.50. The zero-order valence-corrected chi connectivity index (χ0v) is 12.7.